The minimum Gasteiger partial charge on any atom is -0.508 e. The number of phenols is 1. The highest BCUT2D eigenvalue weighted by atomic mass is 16.3. The lowest BCUT2D eigenvalue weighted by Gasteiger charge is -2.17. The molecule has 0 fully saturated rings. The number of hydrogen-bond acceptors (Lipinski definition) is 2. The molecule has 21 heavy (non-hydrogen) atoms. The van der Waals surface area contributed by atoms with Gasteiger partial charge in [-0.3, -0.25) is 0 Å². The summed E-state index contributed by atoms with van der Waals surface area (Å²) in [6.07, 6.45) is 6.43. The van der Waals surface area contributed by atoms with Crippen molar-refractivity contribution in [1.82, 2.24) is 0 Å². The zero-order valence-electron chi connectivity index (χ0n) is 12.4. The molecule has 2 nitrogen and oxygen atoms in total. The van der Waals surface area contributed by atoms with Gasteiger partial charge in [0.15, 0.2) is 0 Å². The lowest BCUT2D eigenvalue weighted by Crippen LogP contribution is -2.07. The molecule has 0 aromatic heterocycles. The molecule has 0 amide bonds. The third-order valence-electron chi connectivity index (χ3n) is 4.28. The Hall–Kier alpha value is -2.40. The van der Waals surface area contributed by atoms with Crippen LogP contribution in [0.2, 0.25) is 0 Å². The lowest BCUT2D eigenvalue weighted by molar-refractivity contribution is 0.465. The molecule has 0 saturated heterocycles. The maximum absolute atomic E-state index is 10.3. The van der Waals surface area contributed by atoms with Crippen LogP contribution in [0.25, 0.3) is 0 Å². The third-order valence-corrected chi connectivity index (χ3v) is 4.28. The topological polar surface area (TPSA) is 32.3 Å². The van der Waals surface area contributed by atoms with Crippen molar-refractivity contribution in [2.45, 2.75) is 32.2 Å². The molecule has 1 aliphatic rings. The van der Waals surface area contributed by atoms with Gasteiger partial charge in [0.2, 0.25) is 0 Å². The normalized spacial score (nSPS) is 19.9. The number of anilines is 1. The van der Waals surface area contributed by atoms with E-state index >= 15 is 0 Å². The zero-order chi connectivity index (χ0) is 15.0. The van der Waals surface area contributed by atoms with Crippen LogP contribution < -0.4 is 5.32 Å². The summed E-state index contributed by atoms with van der Waals surface area (Å²) in [6.45, 7) is 4.32. The molecule has 2 aromatic carbocycles. The first-order valence-corrected chi connectivity index (χ1v) is 7.25. The van der Waals surface area contributed by atoms with Gasteiger partial charge in [-0.2, -0.15) is 0 Å². The molecule has 0 aliphatic heterocycles. The van der Waals surface area contributed by atoms with E-state index in [9.17, 15) is 5.11 Å². The van der Waals surface area contributed by atoms with Gasteiger partial charge in [-0.05, 0) is 54.7 Å². The second-order valence-corrected chi connectivity index (χ2v) is 5.79. The second kappa shape index (κ2) is 5.18. The number of rotatable bonds is 2. The standard InChI is InChI=1S/C19H19NO/c1-4-14-6-5-7-15(11-14)20-16-10-13(3)18-12(2)8-9-17(21)19(16)18/h1,5-9,11,13,16,20-21H,10H2,2-3H3. The molecule has 2 unspecified atom stereocenters. The molecule has 0 saturated carbocycles. The summed E-state index contributed by atoms with van der Waals surface area (Å²) in [5.41, 5.74) is 5.42. The molecule has 2 N–H and O–H groups in total. The van der Waals surface area contributed by atoms with Gasteiger partial charge < -0.3 is 10.4 Å². The summed E-state index contributed by atoms with van der Waals surface area (Å²) in [5, 5.41) is 13.8. The minimum atomic E-state index is 0.128. The number of aryl methyl sites for hydroxylation is 1. The smallest absolute Gasteiger partial charge is 0.121 e. The molecule has 1 aliphatic carbocycles. The first-order chi connectivity index (χ1) is 10.1. The fourth-order valence-electron chi connectivity index (χ4n) is 3.37. The number of terminal acetylenes is 1. The molecule has 0 spiro atoms. The lowest BCUT2D eigenvalue weighted by atomic mass is 9.97. The Morgan fingerprint density at radius 2 is 2.05 bits per heavy atom. The Morgan fingerprint density at radius 3 is 2.81 bits per heavy atom. The monoisotopic (exact) mass is 277 g/mol. The van der Waals surface area contributed by atoms with E-state index in [2.05, 4.69) is 25.1 Å². The summed E-state index contributed by atoms with van der Waals surface area (Å²) in [7, 11) is 0. The molecule has 2 atom stereocenters. The number of aromatic hydroxyl groups is 1. The van der Waals surface area contributed by atoms with Gasteiger partial charge in [0, 0.05) is 16.8 Å². The van der Waals surface area contributed by atoms with Crippen molar-refractivity contribution in [3.8, 4) is 18.1 Å². The number of fused-ring (bicyclic) bond motifs is 1. The van der Waals surface area contributed by atoms with E-state index in [4.69, 9.17) is 6.42 Å². The van der Waals surface area contributed by atoms with E-state index in [1.165, 1.54) is 11.1 Å². The fraction of sp³-hybridized carbons (Fsp3) is 0.263. The van der Waals surface area contributed by atoms with Crippen LogP contribution in [-0.2, 0) is 0 Å². The molecular weight excluding hydrogens is 258 g/mol. The van der Waals surface area contributed by atoms with Gasteiger partial charge in [0.05, 0.1) is 6.04 Å². The van der Waals surface area contributed by atoms with Crippen LogP contribution in [0.1, 0.15) is 47.6 Å². The highest BCUT2D eigenvalue weighted by Crippen LogP contribution is 2.47. The SMILES string of the molecule is C#Cc1cccc(NC2CC(C)c3c(C)ccc(O)c32)c1. The highest BCUT2D eigenvalue weighted by Gasteiger charge is 2.32. The predicted octanol–water partition coefficient (Wildman–Crippen LogP) is 4.34. The average molecular weight is 277 g/mol. The Bertz CT molecular complexity index is 727. The number of benzene rings is 2. The summed E-state index contributed by atoms with van der Waals surface area (Å²) >= 11 is 0. The number of nitrogens with one attached hydrogen (secondary N) is 1. The molecule has 0 heterocycles. The van der Waals surface area contributed by atoms with Gasteiger partial charge in [-0.15, -0.1) is 6.42 Å². The van der Waals surface area contributed by atoms with E-state index in [0.717, 1.165) is 23.2 Å². The molecule has 106 valence electrons. The van der Waals surface area contributed by atoms with Crippen LogP contribution in [-0.4, -0.2) is 5.11 Å². The van der Waals surface area contributed by atoms with Gasteiger partial charge in [0.25, 0.3) is 0 Å². The van der Waals surface area contributed by atoms with Crippen molar-refractivity contribution >= 4 is 5.69 Å². The fourth-order valence-corrected chi connectivity index (χ4v) is 3.37. The quantitative estimate of drug-likeness (QED) is 0.800. The first kappa shape index (κ1) is 13.6. The Kier molecular flexibility index (Phi) is 3.35. The molecule has 3 rings (SSSR count). The van der Waals surface area contributed by atoms with Crippen molar-refractivity contribution < 1.29 is 5.11 Å². The average Bonchev–Trinajstić information content (AvgIpc) is 2.81. The Labute approximate surface area is 125 Å². The van der Waals surface area contributed by atoms with Crippen molar-refractivity contribution in [2.24, 2.45) is 0 Å². The van der Waals surface area contributed by atoms with E-state index < -0.39 is 0 Å². The van der Waals surface area contributed by atoms with E-state index in [-0.39, 0.29) is 6.04 Å². The molecular formula is C19H19NO. The van der Waals surface area contributed by atoms with E-state index in [0.29, 0.717) is 11.7 Å². The Morgan fingerprint density at radius 1 is 1.24 bits per heavy atom. The maximum atomic E-state index is 10.3. The van der Waals surface area contributed by atoms with Gasteiger partial charge in [0.1, 0.15) is 5.75 Å². The third kappa shape index (κ3) is 2.36. The van der Waals surface area contributed by atoms with Crippen molar-refractivity contribution in [2.75, 3.05) is 5.32 Å². The zero-order valence-corrected chi connectivity index (χ0v) is 12.4. The van der Waals surface area contributed by atoms with Crippen LogP contribution >= 0.6 is 0 Å². The largest absolute Gasteiger partial charge is 0.508 e. The number of hydrogen-bond donors (Lipinski definition) is 2. The first-order valence-electron chi connectivity index (χ1n) is 7.25. The van der Waals surface area contributed by atoms with Crippen LogP contribution in [0.15, 0.2) is 36.4 Å². The Balaban J connectivity index is 1.97. The van der Waals surface area contributed by atoms with Crippen LogP contribution in [0.5, 0.6) is 5.75 Å². The summed E-state index contributed by atoms with van der Waals surface area (Å²) < 4.78 is 0. The molecule has 0 bridgehead atoms. The summed E-state index contributed by atoms with van der Waals surface area (Å²) in [6, 6.07) is 11.8. The maximum Gasteiger partial charge on any atom is 0.121 e. The van der Waals surface area contributed by atoms with Crippen molar-refractivity contribution in [3.05, 3.63) is 58.7 Å². The summed E-state index contributed by atoms with van der Waals surface area (Å²) in [4.78, 5) is 0. The van der Waals surface area contributed by atoms with E-state index in [1.54, 1.807) is 6.07 Å². The van der Waals surface area contributed by atoms with Crippen molar-refractivity contribution in [3.63, 3.8) is 0 Å². The summed E-state index contributed by atoms with van der Waals surface area (Å²) in [5.74, 6) is 3.48. The molecule has 2 aromatic rings. The van der Waals surface area contributed by atoms with Crippen molar-refractivity contribution in [1.29, 1.82) is 0 Å². The second-order valence-electron chi connectivity index (χ2n) is 5.79. The van der Waals surface area contributed by atoms with Crippen LogP contribution in [0, 0.1) is 19.3 Å². The minimum absolute atomic E-state index is 0.128. The molecule has 0 radical (unpaired) electrons. The van der Waals surface area contributed by atoms with Gasteiger partial charge in [-0.1, -0.05) is 25.0 Å². The van der Waals surface area contributed by atoms with Gasteiger partial charge >= 0.3 is 0 Å². The van der Waals surface area contributed by atoms with Gasteiger partial charge in [-0.25, -0.2) is 0 Å². The molecule has 2 heteroatoms. The van der Waals surface area contributed by atoms with E-state index in [1.807, 2.05) is 30.3 Å². The van der Waals surface area contributed by atoms with Crippen LogP contribution in [0.3, 0.4) is 0 Å². The predicted molar refractivity (Wildman–Crippen MR) is 86.6 cm³/mol. The van der Waals surface area contributed by atoms with Crippen LogP contribution in [0.4, 0.5) is 5.69 Å². The number of phenolic OH excluding ortho intramolecular Hbond substituents is 1. The highest BCUT2D eigenvalue weighted by molar-refractivity contribution is 5.57.